The Morgan fingerprint density at radius 1 is 1.43 bits per heavy atom. The summed E-state index contributed by atoms with van der Waals surface area (Å²) < 4.78 is 30.7. The zero-order valence-corrected chi connectivity index (χ0v) is 13.4. The fraction of sp³-hybridized carbons (Fsp3) is 0.462. The van der Waals surface area contributed by atoms with Crippen LogP contribution in [0.15, 0.2) is 23.1 Å². The van der Waals surface area contributed by atoms with E-state index in [1.807, 2.05) is 0 Å². The second-order valence-electron chi connectivity index (χ2n) is 4.89. The molecule has 0 bridgehead atoms. The van der Waals surface area contributed by atoms with Crippen LogP contribution in [0.4, 0.5) is 5.69 Å². The van der Waals surface area contributed by atoms with E-state index in [0.29, 0.717) is 5.75 Å². The van der Waals surface area contributed by atoms with Gasteiger partial charge < -0.3 is 15.8 Å². The van der Waals surface area contributed by atoms with E-state index in [4.69, 9.17) is 10.5 Å². The maximum absolute atomic E-state index is 12.4. The monoisotopic (exact) mass is 315 g/mol. The van der Waals surface area contributed by atoms with Crippen molar-refractivity contribution in [2.75, 3.05) is 26.4 Å². The minimum atomic E-state index is -3.78. The Morgan fingerprint density at radius 2 is 2.05 bits per heavy atom. The molecule has 118 valence electrons. The van der Waals surface area contributed by atoms with Crippen LogP contribution in [-0.2, 0) is 14.8 Å². The van der Waals surface area contributed by atoms with Crippen LogP contribution in [0.5, 0.6) is 5.75 Å². The second-order valence-corrected chi connectivity index (χ2v) is 6.93. The molecule has 8 heteroatoms. The molecule has 0 heterocycles. The van der Waals surface area contributed by atoms with Gasteiger partial charge in [-0.3, -0.25) is 4.79 Å². The third kappa shape index (κ3) is 4.33. The average Bonchev–Trinajstić information content (AvgIpc) is 2.37. The van der Waals surface area contributed by atoms with Crippen molar-refractivity contribution in [3.8, 4) is 5.75 Å². The van der Waals surface area contributed by atoms with Crippen LogP contribution in [-0.4, -0.2) is 45.4 Å². The van der Waals surface area contributed by atoms with Crippen molar-refractivity contribution in [1.29, 1.82) is 0 Å². The first-order valence-corrected chi connectivity index (χ1v) is 7.81. The summed E-state index contributed by atoms with van der Waals surface area (Å²) >= 11 is 0. The molecule has 1 aromatic rings. The quantitative estimate of drug-likeness (QED) is 0.741. The highest BCUT2D eigenvalue weighted by Crippen LogP contribution is 2.25. The summed E-state index contributed by atoms with van der Waals surface area (Å²) in [6.45, 7) is 3.35. The van der Waals surface area contributed by atoms with Crippen LogP contribution >= 0.6 is 0 Å². The van der Waals surface area contributed by atoms with Crippen molar-refractivity contribution < 1.29 is 17.9 Å². The first-order chi connectivity index (χ1) is 9.68. The van der Waals surface area contributed by atoms with E-state index in [1.54, 1.807) is 13.8 Å². The second kappa shape index (κ2) is 6.77. The molecule has 0 aliphatic rings. The summed E-state index contributed by atoms with van der Waals surface area (Å²) in [6.07, 6.45) is 0. The number of hydrogen-bond donors (Lipinski definition) is 2. The molecule has 0 unspecified atom stereocenters. The predicted octanol–water partition coefficient (Wildman–Crippen LogP) is 0.423. The van der Waals surface area contributed by atoms with Gasteiger partial charge in [0.25, 0.3) is 0 Å². The van der Waals surface area contributed by atoms with Gasteiger partial charge in [-0.25, -0.2) is 8.42 Å². The van der Waals surface area contributed by atoms with E-state index in [2.05, 4.69) is 5.32 Å². The number of carbonyl (C=O) groups excluding carboxylic acids is 1. The Kier molecular flexibility index (Phi) is 5.56. The van der Waals surface area contributed by atoms with Gasteiger partial charge in [-0.15, -0.1) is 0 Å². The first kappa shape index (κ1) is 17.3. The molecule has 1 aromatic carbocycles. The molecule has 0 atom stereocenters. The topological polar surface area (TPSA) is 102 Å². The van der Waals surface area contributed by atoms with Gasteiger partial charge >= 0.3 is 0 Å². The molecular weight excluding hydrogens is 294 g/mol. The number of rotatable bonds is 6. The van der Waals surface area contributed by atoms with Crippen LogP contribution in [0.1, 0.15) is 13.8 Å². The number of sulfonamides is 1. The van der Waals surface area contributed by atoms with Crippen molar-refractivity contribution in [3.63, 3.8) is 0 Å². The van der Waals surface area contributed by atoms with Crippen molar-refractivity contribution >= 4 is 21.6 Å². The van der Waals surface area contributed by atoms with E-state index < -0.39 is 10.0 Å². The normalized spacial score (nSPS) is 11.7. The maximum Gasteiger partial charge on any atom is 0.243 e. The van der Waals surface area contributed by atoms with E-state index in [9.17, 15) is 13.2 Å². The van der Waals surface area contributed by atoms with E-state index in [1.165, 1.54) is 32.4 Å². The largest absolute Gasteiger partial charge is 0.495 e. The molecule has 21 heavy (non-hydrogen) atoms. The summed E-state index contributed by atoms with van der Waals surface area (Å²) in [4.78, 5) is 11.7. The van der Waals surface area contributed by atoms with Gasteiger partial charge in [0.15, 0.2) is 0 Å². The Labute approximate surface area is 125 Å². The summed E-state index contributed by atoms with van der Waals surface area (Å²) in [5.74, 6) is 0.0340. The highest BCUT2D eigenvalue weighted by atomic mass is 32.2. The number of likely N-dealkylation sites (N-methyl/N-ethyl adjacent to an activating group) is 1. The predicted molar refractivity (Wildman–Crippen MR) is 80.5 cm³/mol. The summed E-state index contributed by atoms with van der Waals surface area (Å²) in [7, 11) is -0.991. The lowest BCUT2D eigenvalue weighted by Gasteiger charge is -2.18. The van der Waals surface area contributed by atoms with Crippen LogP contribution in [0.3, 0.4) is 0 Å². The number of benzene rings is 1. The third-order valence-corrected chi connectivity index (χ3v) is 4.52. The van der Waals surface area contributed by atoms with Gasteiger partial charge in [-0.1, -0.05) is 0 Å². The standard InChI is InChI=1S/C13H21N3O4S/c1-9(2)15-13(17)8-16(3)21(18,19)10-5-6-12(20-4)11(14)7-10/h5-7,9H,8,14H2,1-4H3,(H,15,17). The summed E-state index contributed by atoms with van der Waals surface area (Å²) in [5.41, 5.74) is 5.93. The summed E-state index contributed by atoms with van der Waals surface area (Å²) in [6, 6.07) is 4.13. The molecule has 3 N–H and O–H groups in total. The van der Waals surface area contributed by atoms with Gasteiger partial charge in [0, 0.05) is 13.1 Å². The van der Waals surface area contributed by atoms with Crippen molar-refractivity contribution in [3.05, 3.63) is 18.2 Å². The molecule has 0 saturated carbocycles. The number of carbonyl (C=O) groups is 1. The number of nitrogens with zero attached hydrogens (tertiary/aromatic N) is 1. The Bertz CT molecular complexity index is 614. The Balaban J connectivity index is 2.94. The van der Waals surface area contributed by atoms with E-state index in [-0.39, 0.29) is 29.1 Å². The van der Waals surface area contributed by atoms with Gasteiger partial charge in [-0.05, 0) is 32.0 Å². The average molecular weight is 315 g/mol. The highest BCUT2D eigenvalue weighted by Gasteiger charge is 2.23. The minimum absolute atomic E-state index is 0.0145. The van der Waals surface area contributed by atoms with Gasteiger partial charge in [0.2, 0.25) is 15.9 Å². The maximum atomic E-state index is 12.4. The number of anilines is 1. The molecule has 0 aliphatic heterocycles. The van der Waals surface area contributed by atoms with Gasteiger partial charge in [0.05, 0.1) is 24.2 Å². The number of nitrogens with one attached hydrogen (secondary N) is 1. The molecule has 0 fully saturated rings. The number of hydrogen-bond acceptors (Lipinski definition) is 5. The SMILES string of the molecule is COc1ccc(S(=O)(=O)N(C)CC(=O)NC(C)C)cc1N. The lowest BCUT2D eigenvalue weighted by Crippen LogP contribution is -2.40. The summed E-state index contributed by atoms with van der Waals surface area (Å²) in [5, 5.41) is 2.64. The smallest absolute Gasteiger partial charge is 0.243 e. The first-order valence-electron chi connectivity index (χ1n) is 6.37. The van der Waals surface area contributed by atoms with Crippen LogP contribution in [0, 0.1) is 0 Å². The Morgan fingerprint density at radius 3 is 2.52 bits per heavy atom. The van der Waals surface area contributed by atoms with E-state index in [0.717, 1.165) is 4.31 Å². The van der Waals surface area contributed by atoms with Crippen LogP contribution in [0.25, 0.3) is 0 Å². The number of nitrogen functional groups attached to an aromatic ring is 1. The molecule has 0 spiro atoms. The number of ether oxygens (including phenoxy) is 1. The molecule has 0 radical (unpaired) electrons. The molecule has 0 aromatic heterocycles. The highest BCUT2D eigenvalue weighted by molar-refractivity contribution is 7.89. The molecular formula is C13H21N3O4S. The lowest BCUT2D eigenvalue weighted by atomic mass is 10.3. The Hall–Kier alpha value is -1.80. The van der Waals surface area contributed by atoms with Crippen molar-refractivity contribution in [2.24, 2.45) is 0 Å². The molecule has 0 saturated heterocycles. The van der Waals surface area contributed by atoms with Crippen LogP contribution < -0.4 is 15.8 Å². The number of methoxy groups -OCH3 is 1. The van der Waals surface area contributed by atoms with Crippen molar-refractivity contribution in [1.82, 2.24) is 9.62 Å². The number of amides is 1. The van der Waals surface area contributed by atoms with Gasteiger partial charge in [-0.2, -0.15) is 4.31 Å². The fourth-order valence-corrected chi connectivity index (χ4v) is 2.87. The van der Waals surface area contributed by atoms with Crippen LogP contribution in [0.2, 0.25) is 0 Å². The van der Waals surface area contributed by atoms with Crippen molar-refractivity contribution in [2.45, 2.75) is 24.8 Å². The fourth-order valence-electron chi connectivity index (χ4n) is 1.71. The number of nitrogens with two attached hydrogens (primary N) is 1. The zero-order chi connectivity index (χ0) is 16.2. The van der Waals surface area contributed by atoms with Gasteiger partial charge in [0.1, 0.15) is 5.75 Å². The minimum Gasteiger partial charge on any atom is -0.495 e. The third-order valence-electron chi connectivity index (χ3n) is 2.73. The van der Waals surface area contributed by atoms with E-state index >= 15 is 0 Å². The zero-order valence-electron chi connectivity index (χ0n) is 12.6. The molecule has 0 aliphatic carbocycles. The lowest BCUT2D eigenvalue weighted by molar-refractivity contribution is -0.121. The molecule has 7 nitrogen and oxygen atoms in total. The molecule has 1 rings (SSSR count). The molecule has 1 amide bonds.